The summed E-state index contributed by atoms with van der Waals surface area (Å²) < 4.78 is -0.0723. The minimum absolute atomic E-state index is 0.740. The van der Waals surface area contributed by atoms with Crippen molar-refractivity contribution in [3.63, 3.8) is 0 Å². The first kappa shape index (κ1) is 16.3. The van der Waals surface area contributed by atoms with Gasteiger partial charge in [-0.1, -0.05) is 50.2 Å². The maximum atomic E-state index is 10.9. The van der Waals surface area contributed by atoms with E-state index in [0.29, 0.717) is 0 Å². The van der Waals surface area contributed by atoms with Crippen LogP contribution in [0.15, 0.2) is 0 Å². The number of aliphatic carboxylic acids is 1. The molecule has 2 nitrogen and oxygen atoms in total. The fourth-order valence-electron chi connectivity index (χ4n) is 0.966. The molecule has 0 rings (SSSR count). The minimum Gasteiger partial charge on any atom is -0.480 e. The quantitative estimate of drug-likeness (QED) is 0.559. The minimum atomic E-state index is -0.813. The number of carbonyl (C=O) groups is 1. The molecule has 0 heterocycles. The van der Waals surface area contributed by atoms with Crippen molar-refractivity contribution in [2.45, 2.75) is 51.2 Å². The molecule has 16 heavy (non-hydrogen) atoms. The summed E-state index contributed by atoms with van der Waals surface area (Å²) in [5.41, 5.74) is 0. The van der Waals surface area contributed by atoms with E-state index in [9.17, 15) is 4.79 Å². The van der Waals surface area contributed by atoms with E-state index in [-0.39, 0.29) is 0 Å². The molecule has 5 heteroatoms. The lowest BCUT2D eigenvalue weighted by Crippen LogP contribution is -2.28. The van der Waals surface area contributed by atoms with Crippen LogP contribution in [0.3, 0.4) is 0 Å². The first-order chi connectivity index (χ1) is 7.40. The summed E-state index contributed by atoms with van der Waals surface area (Å²) in [6.07, 6.45) is 4.89. The summed E-state index contributed by atoms with van der Waals surface area (Å²) in [5.74, 6) is 0.188. The van der Waals surface area contributed by atoms with Crippen molar-refractivity contribution in [1.82, 2.24) is 0 Å². The Morgan fingerprint density at radius 1 is 1.31 bits per heavy atom. The lowest BCUT2D eigenvalue weighted by Gasteiger charge is -2.18. The van der Waals surface area contributed by atoms with Gasteiger partial charge in [0.15, 0.2) is 0 Å². The lowest BCUT2D eigenvalue weighted by atomic mass is 10.2. The van der Waals surface area contributed by atoms with Crippen LogP contribution >= 0.6 is 35.7 Å². The molecular formula is C11H20O2S3. The smallest absolute Gasteiger partial charge is 0.319 e. The molecule has 0 aromatic heterocycles. The fourth-order valence-corrected chi connectivity index (χ4v) is 3.97. The molecule has 0 bridgehead atoms. The zero-order valence-electron chi connectivity index (χ0n) is 10.1. The number of carboxylic acids is 1. The van der Waals surface area contributed by atoms with E-state index in [1.807, 2.05) is 0 Å². The largest absolute Gasteiger partial charge is 0.480 e. The van der Waals surface area contributed by atoms with Crippen LogP contribution in [-0.4, -0.2) is 25.1 Å². The molecule has 94 valence electrons. The Hall–Kier alpha value is 0.260. The van der Waals surface area contributed by atoms with E-state index >= 15 is 0 Å². The van der Waals surface area contributed by atoms with E-state index in [4.69, 9.17) is 17.3 Å². The van der Waals surface area contributed by atoms with Gasteiger partial charge < -0.3 is 5.11 Å². The summed E-state index contributed by atoms with van der Waals surface area (Å²) in [7, 11) is 0. The number of rotatable bonds is 7. The fraction of sp³-hybridized carbons (Fsp3) is 0.818. The van der Waals surface area contributed by atoms with Gasteiger partial charge in [0, 0.05) is 0 Å². The zero-order chi connectivity index (χ0) is 12.6. The van der Waals surface area contributed by atoms with Crippen molar-refractivity contribution in [1.29, 1.82) is 0 Å². The number of thioether (sulfide) groups is 2. The molecular weight excluding hydrogens is 260 g/mol. The van der Waals surface area contributed by atoms with Gasteiger partial charge in [0.1, 0.15) is 8.28 Å². The maximum Gasteiger partial charge on any atom is 0.319 e. The van der Waals surface area contributed by atoms with E-state index < -0.39 is 10.7 Å². The molecule has 0 aromatic rings. The topological polar surface area (TPSA) is 37.3 Å². The molecule has 0 fully saturated rings. The molecule has 1 N–H and O–H groups in total. The van der Waals surface area contributed by atoms with E-state index in [0.717, 1.165) is 15.7 Å². The zero-order valence-corrected chi connectivity index (χ0v) is 12.6. The molecule has 0 radical (unpaired) electrons. The third-order valence-electron chi connectivity index (χ3n) is 2.07. The highest BCUT2D eigenvalue weighted by atomic mass is 32.2. The Morgan fingerprint density at radius 2 is 1.94 bits per heavy atom. The van der Waals surface area contributed by atoms with Crippen molar-refractivity contribution in [2.24, 2.45) is 0 Å². The highest BCUT2D eigenvalue weighted by Crippen LogP contribution is 2.31. The summed E-state index contributed by atoms with van der Waals surface area (Å²) in [6.45, 7) is 5.55. The van der Waals surface area contributed by atoms with Gasteiger partial charge in [-0.2, -0.15) is 0 Å². The van der Waals surface area contributed by atoms with Gasteiger partial charge >= 0.3 is 5.97 Å². The predicted molar refractivity (Wildman–Crippen MR) is 78.5 cm³/mol. The first-order valence-electron chi connectivity index (χ1n) is 5.49. The molecule has 0 aromatic carbocycles. The Kier molecular flexibility index (Phi) is 8.50. The van der Waals surface area contributed by atoms with Gasteiger partial charge in [-0.3, -0.25) is 4.79 Å². The van der Waals surface area contributed by atoms with E-state index in [1.54, 1.807) is 25.6 Å². The predicted octanol–water partition coefficient (Wildman–Crippen LogP) is 4.18. The Labute approximate surface area is 112 Å². The highest BCUT2D eigenvalue weighted by Gasteiger charge is 2.29. The standard InChI is InChI=1S/C11H20O2S3/c1-4-5-6-7-8-15-10(14)16-11(2,3)9(12)13/h4-8H2,1-3H3,(H,12,13). The summed E-state index contributed by atoms with van der Waals surface area (Å²) in [5, 5.41) is 8.94. The van der Waals surface area contributed by atoms with Crippen molar-refractivity contribution in [3.8, 4) is 0 Å². The molecule has 0 saturated carbocycles. The summed E-state index contributed by atoms with van der Waals surface area (Å²) >= 11 is 8.03. The van der Waals surface area contributed by atoms with E-state index in [2.05, 4.69) is 6.92 Å². The average molecular weight is 280 g/mol. The van der Waals surface area contributed by atoms with Gasteiger partial charge in [0.2, 0.25) is 0 Å². The van der Waals surface area contributed by atoms with Crippen LogP contribution in [0.4, 0.5) is 0 Å². The van der Waals surface area contributed by atoms with Crippen LogP contribution in [0.1, 0.15) is 46.5 Å². The molecule has 0 aliphatic rings. The molecule has 0 spiro atoms. The van der Waals surface area contributed by atoms with Crippen molar-refractivity contribution in [2.75, 3.05) is 5.75 Å². The second-order valence-electron chi connectivity index (χ2n) is 4.08. The van der Waals surface area contributed by atoms with Crippen LogP contribution in [0.5, 0.6) is 0 Å². The number of carboxylic acid groups (broad SMARTS) is 1. The third-order valence-corrected chi connectivity index (χ3v) is 4.86. The normalized spacial score (nSPS) is 11.4. The second-order valence-corrected chi connectivity index (χ2v) is 8.00. The molecule has 0 aliphatic carbocycles. The Bertz CT molecular complexity index is 239. The second kappa shape index (κ2) is 8.37. The highest BCUT2D eigenvalue weighted by molar-refractivity contribution is 8.47. The Morgan fingerprint density at radius 3 is 2.44 bits per heavy atom. The van der Waals surface area contributed by atoms with Crippen LogP contribution in [0.25, 0.3) is 0 Å². The van der Waals surface area contributed by atoms with Gasteiger partial charge in [-0.15, -0.1) is 11.8 Å². The van der Waals surface area contributed by atoms with Crippen molar-refractivity contribution >= 4 is 45.2 Å². The summed E-state index contributed by atoms with van der Waals surface area (Å²) in [4.78, 5) is 10.9. The first-order valence-corrected chi connectivity index (χ1v) is 7.70. The number of hydrogen-bond donors (Lipinski definition) is 1. The third kappa shape index (κ3) is 7.52. The number of hydrogen-bond acceptors (Lipinski definition) is 4. The average Bonchev–Trinajstić information content (AvgIpc) is 2.16. The van der Waals surface area contributed by atoms with E-state index in [1.165, 1.54) is 31.0 Å². The molecule has 0 saturated heterocycles. The molecule has 0 atom stereocenters. The maximum absolute atomic E-state index is 10.9. The monoisotopic (exact) mass is 280 g/mol. The van der Waals surface area contributed by atoms with Crippen molar-refractivity contribution < 1.29 is 9.90 Å². The number of unbranched alkanes of at least 4 members (excludes halogenated alkanes) is 3. The van der Waals surface area contributed by atoms with Crippen LogP contribution in [0, 0.1) is 0 Å². The van der Waals surface area contributed by atoms with Gasteiger partial charge in [-0.25, -0.2) is 0 Å². The Balaban J connectivity index is 3.71. The van der Waals surface area contributed by atoms with Crippen LogP contribution in [-0.2, 0) is 4.79 Å². The van der Waals surface area contributed by atoms with Crippen LogP contribution < -0.4 is 0 Å². The molecule has 0 unspecified atom stereocenters. The van der Waals surface area contributed by atoms with Gasteiger partial charge in [0.05, 0.1) is 0 Å². The van der Waals surface area contributed by atoms with Crippen LogP contribution in [0.2, 0.25) is 0 Å². The number of thiocarbonyl (C=S) groups is 1. The SMILES string of the molecule is CCCCCCSC(=S)SC(C)(C)C(=O)O. The lowest BCUT2D eigenvalue weighted by molar-refractivity contribution is -0.138. The summed E-state index contributed by atoms with van der Waals surface area (Å²) in [6, 6.07) is 0. The van der Waals surface area contributed by atoms with Gasteiger partial charge in [-0.05, 0) is 26.0 Å². The van der Waals surface area contributed by atoms with Crippen molar-refractivity contribution in [3.05, 3.63) is 0 Å². The molecule has 0 aliphatic heterocycles. The molecule has 0 amide bonds. The van der Waals surface area contributed by atoms with Gasteiger partial charge in [0.25, 0.3) is 0 Å².